The molecule has 0 aliphatic rings. The molecule has 23 heavy (non-hydrogen) atoms. The van der Waals surface area contributed by atoms with Gasteiger partial charge in [0.1, 0.15) is 11.6 Å². The molecule has 0 atom stereocenters. The summed E-state index contributed by atoms with van der Waals surface area (Å²) in [6.45, 7) is 0. The van der Waals surface area contributed by atoms with Gasteiger partial charge in [-0.25, -0.2) is 14.1 Å². The molecule has 0 aliphatic heterocycles. The van der Waals surface area contributed by atoms with Gasteiger partial charge in [-0.1, -0.05) is 0 Å². The molecule has 0 fully saturated rings. The summed E-state index contributed by atoms with van der Waals surface area (Å²) >= 11 is 0.969. The van der Waals surface area contributed by atoms with E-state index in [0.717, 1.165) is 23.6 Å². The molecule has 0 saturated heterocycles. The second kappa shape index (κ2) is 5.65. The molecule has 3 rings (SSSR count). The predicted octanol–water partition coefficient (Wildman–Crippen LogP) is 4.16. The monoisotopic (exact) mass is 343 g/mol. The van der Waals surface area contributed by atoms with Crippen LogP contribution in [0.25, 0.3) is 16.4 Å². The Bertz CT molecular complexity index is 841. The van der Waals surface area contributed by atoms with Crippen LogP contribution in [0.15, 0.2) is 35.8 Å². The van der Waals surface area contributed by atoms with Crippen LogP contribution in [0.3, 0.4) is 0 Å². The average Bonchev–Trinajstić information content (AvgIpc) is 3.15. The Balaban J connectivity index is 2.06. The van der Waals surface area contributed by atoms with Crippen LogP contribution in [0.1, 0.15) is 5.69 Å². The van der Waals surface area contributed by atoms with Gasteiger partial charge in [-0.15, -0.1) is 11.3 Å². The number of thiazole rings is 1. The van der Waals surface area contributed by atoms with E-state index < -0.39 is 17.7 Å². The highest BCUT2D eigenvalue weighted by Gasteiger charge is 2.35. The highest BCUT2D eigenvalue weighted by atomic mass is 32.1. The number of hydrogen-bond donors (Lipinski definition) is 0. The van der Waals surface area contributed by atoms with Gasteiger partial charge >= 0.3 is 6.18 Å². The maximum atomic E-state index is 13.4. The van der Waals surface area contributed by atoms with E-state index in [1.165, 1.54) is 30.7 Å². The highest BCUT2D eigenvalue weighted by molar-refractivity contribution is 7.12. The molecule has 0 N–H and O–H groups in total. The molecule has 0 aliphatic carbocycles. The van der Waals surface area contributed by atoms with E-state index in [1.54, 1.807) is 0 Å². The first-order chi connectivity index (χ1) is 10.9. The van der Waals surface area contributed by atoms with Gasteiger partial charge in [0.15, 0.2) is 5.69 Å². The predicted molar refractivity (Wildman–Crippen MR) is 76.2 cm³/mol. The minimum absolute atomic E-state index is 0.0311. The minimum Gasteiger partial charge on any atom is -0.496 e. The van der Waals surface area contributed by atoms with Gasteiger partial charge in [-0.2, -0.15) is 18.3 Å². The Kier molecular flexibility index (Phi) is 3.80. The lowest BCUT2D eigenvalue weighted by atomic mass is 10.1. The van der Waals surface area contributed by atoms with E-state index in [9.17, 15) is 17.6 Å². The summed E-state index contributed by atoms with van der Waals surface area (Å²) in [6.07, 6.45) is -3.49. The molecule has 4 nitrogen and oxygen atoms in total. The normalized spacial score (nSPS) is 11.7. The van der Waals surface area contributed by atoms with Crippen molar-refractivity contribution in [2.75, 3.05) is 7.11 Å². The molecule has 2 aromatic heterocycles. The van der Waals surface area contributed by atoms with Crippen LogP contribution in [-0.4, -0.2) is 21.9 Å². The number of hydrogen-bond acceptors (Lipinski definition) is 4. The first-order valence-electron chi connectivity index (χ1n) is 6.31. The average molecular weight is 343 g/mol. The second-order valence-corrected chi connectivity index (χ2v) is 5.32. The van der Waals surface area contributed by atoms with Crippen molar-refractivity contribution in [2.24, 2.45) is 0 Å². The van der Waals surface area contributed by atoms with Crippen LogP contribution >= 0.6 is 11.3 Å². The van der Waals surface area contributed by atoms with E-state index in [-0.39, 0.29) is 5.13 Å². The number of benzene rings is 1. The molecule has 9 heteroatoms. The van der Waals surface area contributed by atoms with E-state index >= 15 is 0 Å². The van der Waals surface area contributed by atoms with Crippen molar-refractivity contribution in [1.29, 1.82) is 0 Å². The number of alkyl halides is 3. The van der Waals surface area contributed by atoms with Crippen molar-refractivity contribution in [3.63, 3.8) is 0 Å². The SMILES string of the molecule is COc1ccc(F)cc1-c1csc(-n2nccc2C(F)(F)F)n1. The fourth-order valence-electron chi connectivity index (χ4n) is 2.04. The molecule has 2 heterocycles. The van der Waals surface area contributed by atoms with Crippen LogP contribution < -0.4 is 4.74 Å². The zero-order chi connectivity index (χ0) is 16.6. The summed E-state index contributed by atoms with van der Waals surface area (Å²) in [5, 5.41) is 5.21. The van der Waals surface area contributed by atoms with Crippen LogP contribution in [0, 0.1) is 5.82 Å². The zero-order valence-corrected chi connectivity index (χ0v) is 12.5. The van der Waals surface area contributed by atoms with Gasteiger partial charge in [0, 0.05) is 10.9 Å². The minimum atomic E-state index is -4.54. The molecule has 0 unspecified atom stereocenters. The maximum absolute atomic E-state index is 13.4. The lowest BCUT2D eigenvalue weighted by Gasteiger charge is -2.08. The largest absolute Gasteiger partial charge is 0.496 e. The van der Waals surface area contributed by atoms with Crippen molar-refractivity contribution < 1.29 is 22.3 Å². The van der Waals surface area contributed by atoms with Gasteiger partial charge in [0.2, 0.25) is 5.13 Å². The number of nitrogens with zero attached hydrogens (tertiary/aromatic N) is 3. The third kappa shape index (κ3) is 2.91. The van der Waals surface area contributed by atoms with E-state index in [1.807, 2.05) is 0 Å². The number of aromatic nitrogens is 3. The first-order valence-corrected chi connectivity index (χ1v) is 7.19. The van der Waals surface area contributed by atoms with Crippen LogP contribution in [-0.2, 0) is 6.18 Å². The van der Waals surface area contributed by atoms with Crippen LogP contribution in [0.2, 0.25) is 0 Å². The number of methoxy groups -OCH3 is 1. The summed E-state index contributed by atoms with van der Waals surface area (Å²) in [4.78, 5) is 4.12. The van der Waals surface area contributed by atoms with Gasteiger partial charge in [0.05, 0.1) is 19.0 Å². The summed E-state index contributed by atoms with van der Waals surface area (Å²) < 4.78 is 58.0. The Morgan fingerprint density at radius 3 is 2.70 bits per heavy atom. The van der Waals surface area contributed by atoms with Crippen molar-refractivity contribution in [3.8, 4) is 22.1 Å². The Morgan fingerprint density at radius 1 is 1.22 bits per heavy atom. The molecule has 0 bridgehead atoms. The Hall–Kier alpha value is -2.42. The van der Waals surface area contributed by atoms with E-state index in [2.05, 4.69) is 10.1 Å². The Morgan fingerprint density at radius 2 is 2.00 bits per heavy atom. The quantitative estimate of drug-likeness (QED) is 0.671. The number of ether oxygens (including phenoxy) is 1. The summed E-state index contributed by atoms with van der Waals surface area (Å²) in [6, 6.07) is 4.73. The second-order valence-electron chi connectivity index (χ2n) is 4.49. The first kappa shape index (κ1) is 15.5. The van der Waals surface area contributed by atoms with Gasteiger partial charge in [-0.05, 0) is 24.3 Å². The molecule has 0 radical (unpaired) electrons. The Labute approximate surface area is 132 Å². The van der Waals surface area contributed by atoms with E-state index in [4.69, 9.17) is 4.74 Å². The van der Waals surface area contributed by atoms with Crippen LogP contribution in [0.5, 0.6) is 5.75 Å². The molecular formula is C14H9F4N3OS. The van der Waals surface area contributed by atoms with Crippen molar-refractivity contribution in [3.05, 3.63) is 47.4 Å². The smallest absolute Gasteiger partial charge is 0.433 e. The number of halogens is 4. The molecule has 0 saturated carbocycles. The third-order valence-electron chi connectivity index (χ3n) is 3.04. The summed E-state index contributed by atoms with van der Waals surface area (Å²) in [7, 11) is 1.42. The fourth-order valence-corrected chi connectivity index (χ4v) is 2.83. The fraction of sp³-hybridized carbons (Fsp3) is 0.143. The molecule has 1 aromatic carbocycles. The van der Waals surface area contributed by atoms with Crippen LogP contribution in [0.4, 0.5) is 17.6 Å². The lowest BCUT2D eigenvalue weighted by molar-refractivity contribution is -0.142. The molecule has 0 amide bonds. The summed E-state index contributed by atoms with van der Waals surface area (Å²) in [5.41, 5.74) is -0.259. The molecule has 120 valence electrons. The lowest BCUT2D eigenvalue weighted by Crippen LogP contribution is -2.13. The topological polar surface area (TPSA) is 39.9 Å². The molecule has 0 spiro atoms. The highest BCUT2D eigenvalue weighted by Crippen LogP contribution is 2.35. The third-order valence-corrected chi connectivity index (χ3v) is 3.86. The van der Waals surface area contributed by atoms with Crippen molar-refractivity contribution >= 4 is 11.3 Å². The van der Waals surface area contributed by atoms with Crippen molar-refractivity contribution in [2.45, 2.75) is 6.18 Å². The van der Waals surface area contributed by atoms with Gasteiger partial charge in [0.25, 0.3) is 0 Å². The van der Waals surface area contributed by atoms with Gasteiger partial charge < -0.3 is 4.74 Å². The maximum Gasteiger partial charge on any atom is 0.433 e. The zero-order valence-electron chi connectivity index (χ0n) is 11.6. The molecular weight excluding hydrogens is 334 g/mol. The van der Waals surface area contributed by atoms with Gasteiger partial charge in [-0.3, -0.25) is 0 Å². The van der Waals surface area contributed by atoms with Crippen molar-refractivity contribution in [1.82, 2.24) is 14.8 Å². The standard InChI is InChI=1S/C14H9F4N3OS/c1-22-11-3-2-8(15)6-9(11)10-7-23-13(20-10)21-12(4-5-19-21)14(16,17)18/h2-7H,1H3. The number of rotatable bonds is 3. The molecule has 3 aromatic rings. The van der Waals surface area contributed by atoms with E-state index in [0.29, 0.717) is 21.7 Å². The summed E-state index contributed by atoms with van der Waals surface area (Å²) in [5.74, 6) is -0.120.